The number of aromatic nitrogens is 2. The molecule has 148 valence electrons. The molecule has 0 saturated heterocycles. The van der Waals surface area contributed by atoms with Crippen LogP contribution in [0.25, 0.3) is 21.7 Å². The summed E-state index contributed by atoms with van der Waals surface area (Å²) in [5.41, 5.74) is 2.90. The van der Waals surface area contributed by atoms with E-state index < -0.39 is 18.0 Å². The van der Waals surface area contributed by atoms with Crippen LogP contribution < -0.4 is 10.6 Å². The maximum atomic E-state index is 13.2. The molecule has 7 heteroatoms. The van der Waals surface area contributed by atoms with E-state index in [0.29, 0.717) is 11.4 Å². The Bertz CT molecular complexity index is 1320. The lowest BCUT2D eigenvalue weighted by molar-refractivity contribution is -0.118. The minimum atomic E-state index is -0.621. The number of aliphatic imine (C=N–C) groups is 1. The third-order valence-corrected chi connectivity index (χ3v) is 5.46. The lowest BCUT2D eigenvalue weighted by atomic mass is 9.86. The van der Waals surface area contributed by atoms with E-state index in [0.717, 1.165) is 27.2 Å². The SMILES string of the molecule is CC1=NC(=O)NC(c2ccc3ccccc3c2)C1C(=O)Nc1ccc2[nH]ncc2c1. The van der Waals surface area contributed by atoms with Gasteiger partial charge in [-0.2, -0.15) is 5.10 Å². The highest BCUT2D eigenvalue weighted by Gasteiger charge is 2.37. The molecule has 1 aliphatic heterocycles. The minimum Gasteiger partial charge on any atom is -0.328 e. The number of aromatic amines is 1. The first-order chi connectivity index (χ1) is 14.6. The molecule has 0 fully saturated rings. The van der Waals surface area contributed by atoms with Crippen LogP contribution in [0.2, 0.25) is 0 Å². The van der Waals surface area contributed by atoms with E-state index in [9.17, 15) is 9.59 Å². The molecule has 0 radical (unpaired) electrons. The second-order valence-electron chi connectivity index (χ2n) is 7.43. The fourth-order valence-electron chi connectivity index (χ4n) is 3.98. The van der Waals surface area contributed by atoms with Gasteiger partial charge in [0, 0.05) is 16.8 Å². The Morgan fingerprint density at radius 2 is 1.83 bits per heavy atom. The molecule has 0 saturated carbocycles. The highest BCUT2D eigenvalue weighted by Crippen LogP contribution is 2.30. The van der Waals surface area contributed by atoms with Gasteiger partial charge in [0.1, 0.15) is 5.92 Å². The van der Waals surface area contributed by atoms with Crippen molar-refractivity contribution >= 4 is 45.0 Å². The highest BCUT2D eigenvalue weighted by atomic mass is 16.2. The van der Waals surface area contributed by atoms with Gasteiger partial charge in [0.2, 0.25) is 5.91 Å². The van der Waals surface area contributed by atoms with Gasteiger partial charge in [-0.05, 0) is 47.5 Å². The molecule has 30 heavy (non-hydrogen) atoms. The first-order valence-electron chi connectivity index (χ1n) is 9.67. The molecule has 3 amide bonds. The summed E-state index contributed by atoms with van der Waals surface area (Å²) in [5, 5.41) is 15.8. The number of carbonyl (C=O) groups is 2. The van der Waals surface area contributed by atoms with Crippen LogP contribution in [0.1, 0.15) is 18.5 Å². The molecule has 1 aliphatic rings. The Balaban J connectivity index is 1.49. The number of nitrogens with zero attached hydrogens (tertiary/aromatic N) is 2. The van der Waals surface area contributed by atoms with Crippen molar-refractivity contribution in [2.24, 2.45) is 10.9 Å². The summed E-state index contributed by atoms with van der Waals surface area (Å²) in [5.74, 6) is -0.846. The van der Waals surface area contributed by atoms with Crippen molar-refractivity contribution in [2.45, 2.75) is 13.0 Å². The molecule has 4 aromatic rings. The van der Waals surface area contributed by atoms with Crippen LogP contribution >= 0.6 is 0 Å². The monoisotopic (exact) mass is 397 g/mol. The zero-order valence-electron chi connectivity index (χ0n) is 16.2. The Morgan fingerprint density at radius 1 is 1.00 bits per heavy atom. The van der Waals surface area contributed by atoms with Gasteiger partial charge in [-0.15, -0.1) is 0 Å². The first kappa shape index (κ1) is 18.1. The standard InChI is InChI=1S/C23H19N5O2/c1-13-20(22(29)26-18-8-9-19-17(11-18)12-24-28-19)21(27-23(30)25-13)16-7-6-14-4-2-3-5-15(14)10-16/h2-12,20-21H,1H3,(H,24,28)(H,26,29)(H,27,30). The molecule has 1 aromatic heterocycles. The molecule has 2 unspecified atom stereocenters. The molecule has 3 N–H and O–H groups in total. The average Bonchev–Trinajstić information content (AvgIpc) is 3.20. The van der Waals surface area contributed by atoms with Gasteiger partial charge < -0.3 is 10.6 Å². The molecule has 2 atom stereocenters. The molecule has 5 rings (SSSR count). The maximum Gasteiger partial charge on any atom is 0.341 e. The zero-order chi connectivity index (χ0) is 20.7. The van der Waals surface area contributed by atoms with E-state index in [1.807, 2.05) is 60.7 Å². The minimum absolute atomic E-state index is 0.225. The summed E-state index contributed by atoms with van der Waals surface area (Å²) in [7, 11) is 0. The second-order valence-corrected chi connectivity index (χ2v) is 7.43. The number of rotatable bonds is 3. The van der Waals surface area contributed by atoms with Crippen molar-refractivity contribution in [2.75, 3.05) is 5.32 Å². The van der Waals surface area contributed by atoms with Crippen LogP contribution in [0, 0.1) is 5.92 Å². The van der Waals surface area contributed by atoms with Crippen molar-refractivity contribution in [3.05, 3.63) is 72.4 Å². The van der Waals surface area contributed by atoms with Crippen LogP contribution in [-0.4, -0.2) is 27.8 Å². The van der Waals surface area contributed by atoms with Gasteiger partial charge >= 0.3 is 6.03 Å². The van der Waals surface area contributed by atoms with Crippen molar-refractivity contribution < 1.29 is 9.59 Å². The average molecular weight is 397 g/mol. The number of amides is 3. The van der Waals surface area contributed by atoms with Gasteiger partial charge in [0.25, 0.3) is 0 Å². The summed E-state index contributed by atoms with van der Waals surface area (Å²) in [6, 6.07) is 18.5. The smallest absolute Gasteiger partial charge is 0.328 e. The predicted molar refractivity (Wildman–Crippen MR) is 117 cm³/mol. The van der Waals surface area contributed by atoms with Gasteiger partial charge in [-0.1, -0.05) is 36.4 Å². The normalized spacial score (nSPS) is 18.8. The third-order valence-electron chi connectivity index (χ3n) is 5.46. The maximum absolute atomic E-state index is 13.2. The summed E-state index contributed by atoms with van der Waals surface area (Å²) in [6.07, 6.45) is 1.70. The van der Waals surface area contributed by atoms with Gasteiger partial charge in [0.05, 0.1) is 17.8 Å². The number of fused-ring (bicyclic) bond motifs is 2. The van der Waals surface area contributed by atoms with Gasteiger partial charge in [-0.25, -0.2) is 9.79 Å². The van der Waals surface area contributed by atoms with E-state index in [2.05, 4.69) is 25.8 Å². The topological polar surface area (TPSA) is 99.2 Å². The summed E-state index contributed by atoms with van der Waals surface area (Å²) in [4.78, 5) is 29.4. The van der Waals surface area contributed by atoms with Gasteiger partial charge in [-0.3, -0.25) is 9.89 Å². The van der Waals surface area contributed by atoms with Crippen LogP contribution in [0.15, 0.2) is 71.9 Å². The number of hydrogen-bond acceptors (Lipinski definition) is 3. The predicted octanol–water partition coefficient (Wildman–Crippen LogP) is 4.20. The number of carbonyl (C=O) groups excluding carboxylic acids is 2. The second kappa shape index (κ2) is 7.11. The molecule has 0 bridgehead atoms. The summed E-state index contributed by atoms with van der Waals surface area (Å²) < 4.78 is 0. The number of nitrogens with one attached hydrogen (secondary N) is 3. The van der Waals surface area contributed by atoms with E-state index in [-0.39, 0.29) is 5.91 Å². The van der Waals surface area contributed by atoms with Crippen molar-refractivity contribution in [1.29, 1.82) is 0 Å². The Kier molecular flexibility index (Phi) is 4.28. The molecule has 0 aliphatic carbocycles. The van der Waals surface area contributed by atoms with Crippen LogP contribution in [0.4, 0.5) is 10.5 Å². The largest absolute Gasteiger partial charge is 0.341 e. The van der Waals surface area contributed by atoms with Gasteiger partial charge in [0.15, 0.2) is 0 Å². The van der Waals surface area contributed by atoms with Crippen molar-refractivity contribution in [1.82, 2.24) is 15.5 Å². The number of anilines is 1. The van der Waals surface area contributed by atoms with Crippen LogP contribution in [0.5, 0.6) is 0 Å². The third kappa shape index (κ3) is 3.20. The van der Waals surface area contributed by atoms with E-state index in [4.69, 9.17) is 0 Å². The summed E-state index contributed by atoms with van der Waals surface area (Å²) >= 11 is 0. The number of benzene rings is 3. The number of H-pyrrole nitrogens is 1. The van der Waals surface area contributed by atoms with E-state index >= 15 is 0 Å². The lowest BCUT2D eigenvalue weighted by Gasteiger charge is -2.30. The number of urea groups is 1. The molecule has 2 heterocycles. The zero-order valence-corrected chi connectivity index (χ0v) is 16.2. The Labute approximate surface area is 172 Å². The van der Waals surface area contributed by atoms with E-state index in [1.165, 1.54) is 0 Å². The Morgan fingerprint density at radius 3 is 2.70 bits per heavy atom. The summed E-state index contributed by atoms with van der Waals surface area (Å²) in [6.45, 7) is 1.72. The van der Waals surface area contributed by atoms with Crippen molar-refractivity contribution in [3.8, 4) is 0 Å². The number of hydrogen-bond donors (Lipinski definition) is 3. The quantitative estimate of drug-likeness (QED) is 0.483. The first-order valence-corrected chi connectivity index (χ1v) is 9.67. The highest BCUT2D eigenvalue weighted by molar-refractivity contribution is 6.13. The van der Waals surface area contributed by atoms with E-state index in [1.54, 1.807) is 13.1 Å². The fraction of sp³-hybridized carbons (Fsp3) is 0.130. The Hall–Kier alpha value is -4.00. The van der Waals surface area contributed by atoms with Crippen LogP contribution in [-0.2, 0) is 4.79 Å². The van der Waals surface area contributed by atoms with Crippen LogP contribution in [0.3, 0.4) is 0 Å². The fourth-order valence-corrected chi connectivity index (χ4v) is 3.98. The molecular formula is C23H19N5O2. The molecular weight excluding hydrogens is 378 g/mol. The molecule has 3 aromatic carbocycles. The molecule has 0 spiro atoms. The van der Waals surface area contributed by atoms with Crippen molar-refractivity contribution in [3.63, 3.8) is 0 Å². The molecule has 7 nitrogen and oxygen atoms in total. The lowest BCUT2D eigenvalue weighted by Crippen LogP contribution is -2.45.